The van der Waals surface area contributed by atoms with Crippen LogP contribution in [-0.4, -0.2) is 52.1 Å². The molecule has 0 aromatic rings. The lowest BCUT2D eigenvalue weighted by molar-refractivity contribution is -0.184. The van der Waals surface area contributed by atoms with Crippen molar-refractivity contribution < 1.29 is 23.5 Å². The molecule has 0 aliphatic heterocycles. The van der Waals surface area contributed by atoms with Crippen molar-refractivity contribution in [2.45, 2.75) is 110 Å². The molecule has 0 radical (unpaired) electrons. The van der Waals surface area contributed by atoms with Crippen LogP contribution in [-0.2, 0) is 18.4 Å². The van der Waals surface area contributed by atoms with E-state index >= 15 is 0 Å². The molecule has 1 N–H and O–H groups in total. The molecule has 0 unspecified atom stereocenters. The van der Waals surface area contributed by atoms with Crippen LogP contribution in [0.1, 0.15) is 62.3 Å². The lowest BCUT2D eigenvalue weighted by Gasteiger charge is -2.41. The highest BCUT2D eigenvalue weighted by molar-refractivity contribution is 6.74. The van der Waals surface area contributed by atoms with Crippen LogP contribution in [0.15, 0.2) is 0 Å². The Morgan fingerprint density at radius 2 is 1.04 bits per heavy atom. The molecule has 0 atom stereocenters. The molecule has 0 heterocycles. The second kappa shape index (κ2) is 8.26. The molecule has 5 nitrogen and oxygen atoms in total. The van der Waals surface area contributed by atoms with Gasteiger partial charge in [0.1, 0.15) is 5.60 Å². The Labute approximate surface area is 169 Å². The lowest BCUT2D eigenvalue weighted by atomic mass is 10.1. The highest BCUT2D eigenvalue weighted by Crippen LogP contribution is 2.39. The molecule has 0 spiro atoms. The molecule has 0 saturated carbocycles. The summed E-state index contributed by atoms with van der Waals surface area (Å²) in [6.45, 7) is 26.2. The summed E-state index contributed by atoms with van der Waals surface area (Å²) in [6, 6.07) is 0. The number of hydrogen-bond acceptors (Lipinski definition) is 5. The number of rotatable bonds is 7. The molecule has 0 aliphatic rings. The Hall–Kier alpha value is -0.216. The minimum atomic E-state index is -2.14. The van der Waals surface area contributed by atoms with E-state index < -0.39 is 33.8 Å². The maximum absolute atomic E-state index is 12.8. The van der Waals surface area contributed by atoms with E-state index in [9.17, 15) is 9.90 Å². The average Bonchev–Trinajstić information content (AvgIpc) is 2.38. The van der Waals surface area contributed by atoms with Crippen LogP contribution in [0.3, 0.4) is 0 Å². The van der Waals surface area contributed by atoms with Gasteiger partial charge in [-0.1, -0.05) is 41.5 Å². The largest absolute Gasteiger partial charge is 0.458 e. The van der Waals surface area contributed by atoms with Gasteiger partial charge in [0.25, 0.3) is 0 Å². The molecule has 0 aromatic heterocycles. The van der Waals surface area contributed by atoms with Gasteiger partial charge >= 0.3 is 5.97 Å². The SMILES string of the molecule is CC(C)(C)OC(=O)C(O)(CO[Si](C)(C)C(C)(C)C)CO[Si](C)(C)C(C)(C)C. The smallest absolute Gasteiger partial charge is 0.343 e. The lowest BCUT2D eigenvalue weighted by Crippen LogP contribution is -2.56. The monoisotopic (exact) mass is 420 g/mol. The van der Waals surface area contributed by atoms with Crippen molar-refractivity contribution in [3.63, 3.8) is 0 Å². The molecule has 0 bridgehead atoms. The zero-order valence-corrected chi connectivity index (χ0v) is 22.0. The van der Waals surface area contributed by atoms with Gasteiger partial charge in [0.15, 0.2) is 16.6 Å². The Balaban J connectivity index is 5.55. The molecule has 0 amide bonds. The number of carbonyl (C=O) groups excluding carboxylic acids is 1. The van der Waals surface area contributed by atoms with Crippen molar-refractivity contribution in [3.8, 4) is 0 Å². The molecule has 0 rings (SSSR count). The van der Waals surface area contributed by atoms with Gasteiger partial charge in [0.2, 0.25) is 5.60 Å². The van der Waals surface area contributed by atoms with Gasteiger partial charge in [0, 0.05) is 0 Å². The van der Waals surface area contributed by atoms with Crippen LogP contribution >= 0.6 is 0 Å². The van der Waals surface area contributed by atoms with Gasteiger partial charge in [-0.25, -0.2) is 4.79 Å². The average molecular weight is 421 g/mol. The summed E-state index contributed by atoms with van der Waals surface area (Å²) in [5.74, 6) is -0.688. The van der Waals surface area contributed by atoms with E-state index in [1.54, 1.807) is 20.8 Å². The first kappa shape index (κ1) is 26.8. The molecule has 0 fully saturated rings. The Morgan fingerprint density at radius 3 is 1.26 bits per heavy atom. The maximum atomic E-state index is 12.8. The van der Waals surface area contributed by atoms with Gasteiger partial charge in [-0.2, -0.15) is 0 Å². The van der Waals surface area contributed by atoms with Gasteiger partial charge in [-0.15, -0.1) is 0 Å². The zero-order chi connectivity index (χ0) is 22.1. The van der Waals surface area contributed by atoms with Crippen molar-refractivity contribution in [1.82, 2.24) is 0 Å². The summed E-state index contributed by atoms with van der Waals surface area (Å²) in [7, 11) is -4.29. The quantitative estimate of drug-likeness (QED) is 0.458. The third-order valence-corrected chi connectivity index (χ3v) is 14.7. The maximum Gasteiger partial charge on any atom is 0.343 e. The minimum Gasteiger partial charge on any atom is -0.458 e. The number of hydrogen-bond donors (Lipinski definition) is 1. The van der Waals surface area contributed by atoms with E-state index in [0.717, 1.165) is 0 Å². The van der Waals surface area contributed by atoms with Crippen molar-refractivity contribution in [2.75, 3.05) is 13.2 Å². The van der Waals surface area contributed by atoms with Crippen LogP contribution in [0.25, 0.3) is 0 Å². The molecule has 0 saturated heterocycles. The topological polar surface area (TPSA) is 65.0 Å². The van der Waals surface area contributed by atoms with Crippen molar-refractivity contribution in [3.05, 3.63) is 0 Å². The molecule has 0 aliphatic carbocycles. The molecule has 162 valence electrons. The second-order valence-corrected chi connectivity index (χ2v) is 21.3. The Bertz CT molecular complexity index is 478. The van der Waals surface area contributed by atoms with Crippen molar-refractivity contribution in [1.29, 1.82) is 0 Å². The van der Waals surface area contributed by atoms with Crippen LogP contribution in [0.4, 0.5) is 0 Å². The first-order valence-electron chi connectivity index (χ1n) is 9.78. The normalized spacial score (nSPS) is 15.0. The van der Waals surface area contributed by atoms with E-state index in [-0.39, 0.29) is 23.3 Å². The fourth-order valence-corrected chi connectivity index (χ4v) is 3.63. The van der Waals surface area contributed by atoms with E-state index in [1.165, 1.54) is 0 Å². The third-order valence-electron chi connectivity index (χ3n) is 5.73. The summed E-state index contributed by atoms with van der Waals surface area (Å²) in [4.78, 5) is 12.8. The van der Waals surface area contributed by atoms with Gasteiger partial charge in [0.05, 0.1) is 13.2 Å². The van der Waals surface area contributed by atoms with Gasteiger partial charge < -0.3 is 18.7 Å². The first-order chi connectivity index (χ1) is 11.5. The molecule has 27 heavy (non-hydrogen) atoms. The van der Waals surface area contributed by atoms with Crippen molar-refractivity contribution in [2.24, 2.45) is 0 Å². The predicted molar refractivity (Wildman–Crippen MR) is 117 cm³/mol. The highest BCUT2D eigenvalue weighted by atomic mass is 28.4. The van der Waals surface area contributed by atoms with Gasteiger partial charge in [-0.3, -0.25) is 0 Å². The number of ether oxygens (including phenoxy) is 1. The van der Waals surface area contributed by atoms with Crippen LogP contribution in [0.2, 0.25) is 36.3 Å². The highest BCUT2D eigenvalue weighted by Gasteiger charge is 2.47. The van der Waals surface area contributed by atoms with Gasteiger partial charge in [-0.05, 0) is 57.0 Å². The first-order valence-corrected chi connectivity index (χ1v) is 15.6. The van der Waals surface area contributed by atoms with E-state index in [2.05, 4.69) is 67.7 Å². The second-order valence-electron chi connectivity index (χ2n) is 11.6. The standard InChI is InChI=1S/C20H44O5Si2/c1-17(2,3)25-16(21)20(22,14-23-26(10,11)18(4,5)6)15-24-27(12,13)19(7,8)9/h22H,14-15H2,1-13H3. The molecule has 0 aromatic carbocycles. The number of aliphatic hydroxyl groups is 1. The summed E-state index contributed by atoms with van der Waals surface area (Å²) >= 11 is 0. The van der Waals surface area contributed by atoms with Crippen LogP contribution < -0.4 is 0 Å². The van der Waals surface area contributed by atoms with E-state index in [1.807, 2.05) is 0 Å². The zero-order valence-electron chi connectivity index (χ0n) is 20.0. The summed E-state index contributed by atoms with van der Waals surface area (Å²) < 4.78 is 17.8. The third kappa shape index (κ3) is 7.97. The fourth-order valence-electron chi connectivity index (χ4n) is 1.57. The molecular formula is C20H44O5Si2. The minimum absolute atomic E-state index is 0.0257. The Morgan fingerprint density at radius 1 is 0.741 bits per heavy atom. The van der Waals surface area contributed by atoms with Crippen LogP contribution in [0, 0.1) is 0 Å². The number of esters is 1. The van der Waals surface area contributed by atoms with Crippen molar-refractivity contribution >= 4 is 22.6 Å². The van der Waals surface area contributed by atoms with E-state index in [0.29, 0.717) is 0 Å². The number of carbonyl (C=O) groups is 1. The predicted octanol–water partition coefficient (Wildman–Crippen LogP) is 5.10. The van der Waals surface area contributed by atoms with Crippen LogP contribution in [0.5, 0.6) is 0 Å². The summed E-state index contributed by atoms with van der Waals surface area (Å²) in [6.07, 6.45) is 0. The summed E-state index contributed by atoms with van der Waals surface area (Å²) in [5.41, 5.74) is -2.52. The molecular weight excluding hydrogens is 376 g/mol. The molecule has 7 heteroatoms. The fraction of sp³-hybridized carbons (Fsp3) is 0.950. The van der Waals surface area contributed by atoms with E-state index in [4.69, 9.17) is 13.6 Å². The summed E-state index contributed by atoms with van der Waals surface area (Å²) in [5, 5.41) is 11.2. The Kier molecular flexibility index (Phi) is 8.20.